The molecule has 0 saturated heterocycles. The number of hydrogen-bond acceptors (Lipinski definition) is 5. The number of rotatable bonds is 13. The Balaban J connectivity index is 2.48. The van der Waals surface area contributed by atoms with Gasteiger partial charge in [-0.3, -0.25) is 0 Å². The minimum absolute atomic E-state index is 0.0325. The molecule has 1 N–H and O–H groups in total. The first-order valence-electron chi connectivity index (χ1n) is 9.26. The van der Waals surface area contributed by atoms with Crippen LogP contribution in [0, 0.1) is 0 Å². The molecule has 0 saturated carbocycles. The maximum atomic E-state index is 11.5. The second-order valence-corrected chi connectivity index (χ2v) is 20.2. The molecular formula is C19H34O6Si2. The van der Waals surface area contributed by atoms with Crippen LogP contribution in [-0.4, -0.2) is 54.0 Å². The summed E-state index contributed by atoms with van der Waals surface area (Å²) < 4.78 is 21.9. The summed E-state index contributed by atoms with van der Waals surface area (Å²) in [4.78, 5) is 11.5. The Morgan fingerprint density at radius 1 is 0.889 bits per heavy atom. The molecule has 0 radical (unpaired) electrons. The van der Waals surface area contributed by atoms with Crippen molar-refractivity contribution in [2.45, 2.75) is 51.4 Å². The van der Waals surface area contributed by atoms with E-state index in [-0.39, 0.29) is 24.9 Å². The summed E-state index contributed by atoms with van der Waals surface area (Å²) in [5.41, 5.74) is 0.0448. The van der Waals surface area contributed by atoms with Crippen LogP contribution in [0.5, 0.6) is 11.5 Å². The van der Waals surface area contributed by atoms with Crippen molar-refractivity contribution in [1.82, 2.24) is 0 Å². The van der Waals surface area contributed by atoms with Gasteiger partial charge in [0.2, 0.25) is 0 Å². The van der Waals surface area contributed by atoms with Crippen LogP contribution in [0.25, 0.3) is 0 Å². The van der Waals surface area contributed by atoms with Gasteiger partial charge in [0.05, 0.1) is 0 Å². The molecule has 0 aliphatic heterocycles. The molecular weight excluding hydrogens is 380 g/mol. The Morgan fingerprint density at radius 3 is 1.89 bits per heavy atom. The van der Waals surface area contributed by atoms with E-state index in [4.69, 9.17) is 18.9 Å². The number of carbonyl (C=O) groups is 1. The van der Waals surface area contributed by atoms with Crippen LogP contribution < -0.4 is 9.47 Å². The molecule has 1 rings (SSSR count). The third kappa shape index (κ3) is 11.2. The van der Waals surface area contributed by atoms with Crippen molar-refractivity contribution < 1.29 is 28.8 Å². The number of aromatic carboxylic acids is 1. The summed E-state index contributed by atoms with van der Waals surface area (Å²) in [6.45, 7) is 15.1. The average Bonchev–Trinajstić information content (AvgIpc) is 2.52. The Bertz CT molecular complexity index is 593. The lowest BCUT2D eigenvalue weighted by Crippen LogP contribution is -2.22. The standard InChI is InChI=1S/C19H34O6Si2/c1-26(2,3)11-9-22-14-24-16-7-8-18(17(13-16)19(20)21)25-15-23-10-12-27(4,5)6/h7-8,13H,9-12,14-15H2,1-6H3,(H,20,21). The molecule has 0 unspecified atom stereocenters. The van der Waals surface area contributed by atoms with E-state index in [1.54, 1.807) is 12.1 Å². The zero-order valence-electron chi connectivity index (χ0n) is 17.5. The molecule has 8 heteroatoms. The van der Waals surface area contributed by atoms with Gasteiger partial charge in [-0.05, 0) is 30.3 Å². The summed E-state index contributed by atoms with van der Waals surface area (Å²) in [6.07, 6.45) is 0. The van der Waals surface area contributed by atoms with Crippen LogP contribution in [0.4, 0.5) is 0 Å². The van der Waals surface area contributed by atoms with Gasteiger partial charge >= 0.3 is 5.97 Å². The van der Waals surface area contributed by atoms with Crippen LogP contribution in [-0.2, 0) is 9.47 Å². The molecule has 1 aromatic carbocycles. The van der Waals surface area contributed by atoms with Gasteiger partial charge < -0.3 is 24.1 Å². The Morgan fingerprint density at radius 2 is 1.41 bits per heavy atom. The predicted molar refractivity (Wildman–Crippen MR) is 113 cm³/mol. The Kier molecular flexibility index (Phi) is 9.51. The van der Waals surface area contributed by atoms with E-state index in [1.807, 2.05) is 0 Å². The molecule has 6 nitrogen and oxygen atoms in total. The van der Waals surface area contributed by atoms with Crippen molar-refractivity contribution in [3.05, 3.63) is 23.8 Å². The van der Waals surface area contributed by atoms with Crippen molar-refractivity contribution in [2.75, 3.05) is 26.8 Å². The largest absolute Gasteiger partial charge is 0.478 e. The molecule has 0 aliphatic carbocycles. The highest BCUT2D eigenvalue weighted by Gasteiger charge is 2.15. The third-order valence-electron chi connectivity index (χ3n) is 3.78. The lowest BCUT2D eigenvalue weighted by atomic mass is 10.2. The zero-order valence-corrected chi connectivity index (χ0v) is 19.5. The fourth-order valence-corrected chi connectivity index (χ4v) is 3.49. The normalized spacial score (nSPS) is 12.1. The van der Waals surface area contributed by atoms with Gasteiger partial charge in [0.25, 0.3) is 0 Å². The summed E-state index contributed by atoms with van der Waals surface area (Å²) in [7, 11) is -2.29. The second kappa shape index (κ2) is 10.8. The highest BCUT2D eigenvalue weighted by molar-refractivity contribution is 6.76. The minimum atomic E-state index is -1.15. The number of benzene rings is 1. The van der Waals surface area contributed by atoms with E-state index < -0.39 is 22.1 Å². The number of hydrogen-bond donors (Lipinski definition) is 1. The summed E-state index contributed by atoms with van der Waals surface area (Å²) in [6, 6.07) is 6.80. The number of carboxylic acids is 1. The Hall–Kier alpha value is -1.36. The van der Waals surface area contributed by atoms with E-state index >= 15 is 0 Å². The molecule has 0 aliphatic rings. The molecule has 154 valence electrons. The maximum absolute atomic E-state index is 11.5. The lowest BCUT2D eigenvalue weighted by Gasteiger charge is -2.16. The Labute approximate surface area is 164 Å². The van der Waals surface area contributed by atoms with Gasteiger partial charge in [-0.25, -0.2) is 4.79 Å². The average molecular weight is 415 g/mol. The van der Waals surface area contributed by atoms with Crippen molar-refractivity contribution in [1.29, 1.82) is 0 Å². The molecule has 1 aromatic rings. The lowest BCUT2D eigenvalue weighted by molar-refractivity contribution is 0.0187. The molecule has 0 atom stereocenters. The SMILES string of the molecule is C[Si](C)(C)CCOCOc1ccc(OCOCC[Si](C)(C)C)c(C(=O)O)c1. The first-order valence-corrected chi connectivity index (χ1v) is 16.7. The van der Waals surface area contributed by atoms with E-state index in [0.29, 0.717) is 19.0 Å². The monoisotopic (exact) mass is 414 g/mol. The minimum Gasteiger partial charge on any atom is -0.478 e. The topological polar surface area (TPSA) is 74.2 Å². The molecule has 0 amide bonds. The molecule has 0 spiro atoms. The molecule has 0 aromatic heterocycles. The van der Waals surface area contributed by atoms with E-state index in [0.717, 1.165) is 12.1 Å². The molecule has 0 bridgehead atoms. The smallest absolute Gasteiger partial charge is 0.339 e. The van der Waals surface area contributed by atoms with Gasteiger partial charge in [0, 0.05) is 29.4 Å². The van der Waals surface area contributed by atoms with Crippen molar-refractivity contribution >= 4 is 22.1 Å². The predicted octanol–water partition coefficient (Wildman–Crippen LogP) is 4.77. The number of ether oxygens (including phenoxy) is 4. The van der Waals surface area contributed by atoms with Crippen molar-refractivity contribution in [3.8, 4) is 11.5 Å². The fraction of sp³-hybridized carbons (Fsp3) is 0.632. The summed E-state index contributed by atoms with van der Waals surface area (Å²) in [5.74, 6) is -0.368. The van der Waals surface area contributed by atoms with Gasteiger partial charge in [-0.1, -0.05) is 39.3 Å². The van der Waals surface area contributed by atoms with Crippen LogP contribution in [0.1, 0.15) is 10.4 Å². The van der Waals surface area contributed by atoms with E-state index in [2.05, 4.69) is 39.3 Å². The molecule has 0 heterocycles. The van der Waals surface area contributed by atoms with Gasteiger partial charge in [0.1, 0.15) is 17.1 Å². The highest BCUT2D eigenvalue weighted by Crippen LogP contribution is 2.24. The first-order chi connectivity index (χ1) is 12.5. The molecule has 27 heavy (non-hydrogen) atoms. The number of carboxylic acid groups (broad SMARTS) is 1. The third-order valence-corrected chi connectivity index (χ3v) is 7.19. The molecule has 0 fully saturated rings. The highest BCUT2D eigenvalue weighted by atomic mass is 28.3. The second-order valence-electron chi connectivity index (χ2n) is 8.93. The fourth-order valence-electron chi connectivity index (χ4n) is 1.98. The van der Waals surface area contributed by atoms with Crippen LogP contribution in [0.2, 0.25) is 51.4 Å². The summed E-state index contributed by atoms with van der Waals surface area (Å²) in [5, 5.41) is 9.40. The van der Waals surface area contributed by atoms with Crippen molar-refractivity contribution in [2.24, 2.45) is 0 Å². The summed E-state index contributed by atoms with van der Waals surface area (Å²) >= 11 is 0. The maximum Gasteiger partial charge on any atom is 0.339 e. The van der Waals surface area contributed by atoms with Crippen LogP contribution in [0.3, 0.4) is 0 Å². The van der Waals surface area contributed by atoms with Gasteiger partial charge in [-0.2, -0.15) is 0 Å². The quantitative estimate of drug-likeness (QED) is 0.285. The van der Waals surface area contributed by atoms with Gasteiger partial charge in [0.15, 0.2) is 13.6 Å². The van der Waals surface area contributed by atoms with Crippen LogP contribution >= 0.6 is 0 Å². The first kappa shape index (κ1) is 23.7. The van der Waals surface area contributed by atoms with E-state index in [9.17, 15) is 9.90 Å². The zero-order chi connectivity index (χ0) is 20.5. The van der Waals surface area contributed by atoms with Crippen LogP contribution in [0.15, 0.2) is 18.2 Å². The van der Waals surface area contributed by atoms with Crippen molar-refractivity contribution in [3.63, 3.8) is 0 Å². The van der Waals surface area contributed by atoms with E-state index in [1.165, 1.54) is 6.07 Å². The van der Waals surface area contributed by atoms with Gasteiger partial charge in [-0.15, -0.1) is 0 Å².